The number of allylic oxidation sites excluding steroid dienone is 1. The number of carbonyl (C=O) groups is 5. The summed E-state index contributed by atoms with van der Waals surface area (Å²) in [4.78, 5) is 71.7. The molecule has 5 atom stereocenters. The van der Waals surface area contributed by atoms with E-state index in [4.69, 9.17) is 9.47 Å². The van der Waals surface area contributed by atoms with Gasteiger partial charge in [-0.05, 0) is 57.6 Å². The first-order valence-corrected chi connectivity index (χ1v) is 19.9. The summed E-state index contributed by atoms with van der Waals surface area (Å²) in [5, 5.41) is 8.61. The van der Waals surface area contributed by atoms with Crippen LogP contribution >= 0.6 is 0 Å². The van der Waals surface area contributed by atoms with Gasteiger partial charge in [0.1, 0.15) is 29.3 Å². The first kappa shape index (κ1) is 38.5. The number of nitrogens with zero attached hydrogens (tertiary/aromatic N) is 3. The number of ether oxygens (including phenoxy) is 2. The Hall–Kier alpha value is -4.22. The lowest BCUT2D eigenvalue weighted by Crippen LogP contribution is -2.60. The van der Waals surface area contributed by atoms with Crippen molar-refractivity contribution in [3.63, 3.8) is 0 Å². The minimum Gasteiger partial charge on any atom is -0.444 e. The molecule has 3 fully saturated rings. The Morgan fingerprint density at radius 3 is 2.38 bits per heavy atom. The van der Waals surface area contributed by atoms with Crippen molar-refractivity contribution < 1.29 is 41.9 Å². The molecule has 1 aliphatic carbocycles. The summed E-state index contributed by atoms with van der Waals surface area (Å²) in [6, 6.07) is 5.45. The quantitative estimate of drug-likeness (QED) is 0.321. The van der Waals surface area contributed by atoms with Crippen LogP contribution in [0.25, 0.3) is 0 Å². The van der Waals surface area contributed by atoms with Gasteiger partial charge in [0.05, 0.1) is 6.54 Å². The van der Waals surface area contributed by atoms with Crippen LogP contribution in [0, 0.1) is 5.92 Å². The molecule has 53 heavy (non-hydrogen) atoms. The van der Waals surface area contributed by atoms with Crippen molar-refractivity contribution in [2.45, 2.75) is 108 Å². The summed E-state index contributed by atoms with van der Waals surface area (Å²) in [7, 11) is -4.20. The van der Waals surface area contributed by atoms with Gasteiger partial charge in [0.15, 0.2) is 0 Å². The Kier molecular flexibility index (Phi) is 11.4. The summed E-state index contributed by atoms with van der Waals surface area (Å²) in [6.07, 6.45) is 4.65. The monoisotopic (exact) mass is 757 g/mol. The largest absolute Gasteiger partial charge is 0.444 e. The number of nitrogens with one attached hydrogen (secondary N) is 4. The second kappa shape index (κ2) is 15.6. The normalized spacial score (nSPS) is 29.0. The van der Waals surface area contributed by atoms with Gasteiger partial charge in [-0.15, -0.1) is 0 Å². The molecule has 17 heteroatoms. The maximum atomic E-state index is 14.4. The van der Waals surface area contributed by atoms with Crippen LogP contribution in [-0.2, 0) is 47.2 Å². The molecule has 5 aliphatic rings. The molecular weight excluding hydrogens is 707 g/mol. The van der Waals surface area contributed by atoms with Crippen LogP contribution < -0.4 is 20.7 Å². The Balaban J connectivity index is 1.25. The molecule has 4 N–H and O–H groups in total. The van der Waals surface area contributed by atoms with E-state index < -0.39 is 75.4 Å². The van der Waals surface area contributed by atoms with Gasteiger partial charge in [-0.1, -0.05) is 49.3 Å². The highest BCUT2D eigenvalue weighted by Gasteiger charge is 2.62. The van der Waals surface area contributed by atoms with Crippen molar-refractivity contribution in [3.8, 4) is 0 Å². The van der Waals surface area contributed by atoms with E-state index in [9.17, 15) is 32.4 Å². The summed E-state index contributed by atoms with van der Waals surface area (Å²) in [5.74, 6) is -2.59. The van der Waals surface area contributed by atoms with Crippen LogP contribution in [0.2, 0.25) is 0 Å². The van der Waals surface area contributed by atoms with Crippen molar-refractivity contribution in [1.29, 1.82) is 0 Å². The number of rotatable bonds is 5. The lowest BCUT2D eigenvalue weighted by Gasteiger charge is -2.31. The van der Waals surface area contributed by atoms with Crippen molar-refractivity contribution in [2.24, 2.45) is 5.92 Å². The molecule has 6 rings (SSSR count). The van der Waals surface area contributed by atoms with Crippen LogP contribution in [0.5, 0.6) is 0 Å². The number of alkyl carbamates (subject to hydrolysis) is 1. The van der Waals surface area contributed by atoms with Gasteiger partial charge in [-0.3, -0.25) is 19.3 Å². The highest BCUT2D eigenvalue weighted by atomic mass is 32.2. The average molecular weight is 758 g/mol. The van der Waals surface area contributed by atoms with Crippen molar-refractivity contribution in [2.75, 3.05) is 32.7 Å². The molecule has 0 spiro atoms. The van der Waals surface area contributed by atoms with E-state index in [0.717, 1.165) is 24.0 Å². The van der Waals surface area contributed by atoms with Crippen LogP contribution in [0.1, 0.15) is 76.8 Å². The van der Waals surface area contributed by atoms with Crippen LogP contribution in [0.4, 0.5) is 9.59 Å². The molecule has 0 bridgehead atoms. The van der Waals surface area contributed by atoms with Crippen LogP contribution in [0.15, 0.2) is 36.4 Å². The van der Waals surface area contributed by atoms with E-state index in [1.54, 1.807) is 25.7 Å². The molecule has 1 saturated carbocycles. The smallest absolute Gasteiger partial charge is 0.410 e. The summed E-state index contributed by atoms with van der Waals surface area (Å²) < 4.78 is 41.2. The van der Waals surface area contributed by atoms with Crippen molar-refractivity contribution in [3.05, 3.63) is 47.5 Å². The molecule has 1 aromatic carbocycles. The fourth-order valence-electron chi connectivity index (χ4n) is 7.45. The second-order valence-corrected chi connectivity index (χ2v) is 17.2. The minimum atomic E-state index is -4.20. The van der Waals surface area contributed by atoms with Gasteiger partial charge >= 0.3 is 22.4 Å². The van der Waals surface area contributed by atoms with Crippen LogP contribution in [-0.4, -0.2) is 114 Å². The molecule has 0 unspecified atom stereocenters. The van der Waals surface area contributed by atoms with Gasteiger partial charge in [0.2, 0.25) is 11.8 Å². The third-order valence-electron chi connectivity index (χ3n) is 10.3. The molecule has 2 saturated heterocycles. The molecule has 0 radical (unpaired) electrons. The zero-order chi connectivity index (χ0) is 38.0. The molecular formula is C36H51N7O9S. The number of benzene rings is 1. The van der Waals surface area contributed by atoms with E-state index in [1.807, 2.05) is 36.4 Å². The second-order valence-electron chi connectivity index (χ2n) is 15.5. The number of hydrogen-bond acceptors (Lipinski definition) is 10. The van der Waals surface area contributed by atoms with E-state index in [2.05, 4.69) is 20.7 Å². The van der Waals surface area contributed by atoms with E-state index in [-0.39, 0.29) is 38.9 Å². The zero-order valence-electron chi connectivity index (χ0n) is 30.6. The summed E-state index contributed by atoms with van der Waals surface area (Å²) in [6.45, 7) is 6.98. The number of piperazine rings is 1. The molecule has 4 heterocycles. The fourth-order valence-corrected chi connectivity index (χ4v) is 8.66. The Labute approximate surface area is 310 Å². The predicted molar refractivity (Wildman–Crippen MR) is 192 cm³/mol. The average Bonchev–Trinajstić information content (AvgIpc) is 3.40. The van der Waals surface area contributed by atoms with Gasteiger partial charge < -0.3 is 30.3 Å². The number of fused-ring (bicyclic) bond motifs is 3. The first-order valence-electron chi connectivity index (χ1n) is 18.5. The Bertz CT molecular complexity index is 1700. The third kappa shape index (κ3) is 9.12. The predicted octanol–water partition coefficient (Wildman–Crippen LogP) is 1.66. The Morgan fingerprint density at radius 1 is 1.00 bits per heavy atom. The number of hydrogen-bond donors (Lipinski definition) is 4. The van der Waals surface area contributed by atoms with E-state index in [1.165, 1.54) is 9.21 Å². The Morgan fingerprint density at radius 2 is 1.70 bits per heavy atom. The standard InChI is InChI=1S/C36H51N7O9S/c1-35(2,3)52-33(47)38-28-14-8-6-4-5-7-13-26-20-36(26,32(46)40-53(49,50)42-17-15-37-16-18-42)39-30(44)29-19-27(23-43(29)31(28)45)51-34(48)41-21-24-11-9-10-12-25(24)22-41/h7,9-13,26-29,37H,4-6,8,14-23H2,1-3H3,(H,38,47)(H,39,44)(H,40,46)/b13-7-/t26-,27-,28+,29+,36-/m1/s1. The van der Waals surface area contributed by atoms with E-state index in [0.29, 0.717) is 39.0 Å². The topological polar surface area (TPSA) is 196 Å². The number of carbonyl (C=O) groups excluding carboxylic acids is 5. The fraction of sp³-hybridized carbons (Fsp3) is 0.639. The van der Waals surface area contributed by atoms with Crippen molar-refractivity contribution in [1.82, 2.24) is 34.8 Å². The maximum Gasteiger partial charge on any atom is 0.410 e. The zero-order valence-corrected chi connectivity index (χ0v) is 31.4. The lowest BCUT2D eigenvalue weighted by atomic mass is 10.0. The highest BCUT2D eigenvalue weighted by Crippen LogP contribution is 2.46. The number of amides is 5. The SMILES string of the molecule is CC(C)(C)OC(=O)N[C@H]1CCCCC/C=C\[C@@H]2C[C@@]2(C(=O)NS(=O)(=O)N2CCNCC2)NC(=O)[C@@H]2C[C@@H](OC(=O)N3Cc4ccccc4C3)CN2C1=O. The summed E-state index contributed by atoms with van der Waals surface area (Å²) >= 11 is 0. The van der Waals surface area contributed by atoms with Gasteiger partial charge in [0.25, 0.3) is 5.91 Å². The first-order chi connectivity index (χ1) is 25.1. The van der Waals surface area contributed by atoms with Gasteiger partial charge in [-0.2, -0.15) is 12.7 Å². The lowest BCUT2D eigenvalue weighted by molar-refractivity contribution is -0.141. The maximum absolute atomic E-state index is 14.4. The molecule has 5 amide bonds. The third-order valence-corrected chi connectivity index (χ3v) is 11.8. The molecule has 1 aromatic rings. The van der Waals surface area contributed by atoms with E-state index >= 15 is 0 Å². The summed E-state index contributed by atoms with van der Waals surface area (Å²) in [5.41, 5.74) is -0.388. The highest BCUT2D eigenvalue weighted by molar-refractivity contribution is 7.87. The molecule has 4 aliphatic heterocycles. The molecule has 290 valence electrons. The van der Waals surface area contributed by atoms with Gasteiger partial charge in [-0.25, -0.2) is 14.3 Å². The van der Waals surface area contributed by atoms with Crippen LogP contribution in [0.3, 0.4) is 0 Å². The molecule has 0 aromatic heterocycles. The van der Waals surface area contributed by atoms with Gasteiger partial charge in [0, 0.05) is 51.6 Å². The molecule has 16 nitrogen and oxygen atoms in total. The minimum absolute atomic E-state index is 0.0689. The van der Waals surface area contributed by atoms with Crippen molar-refractivity contribution >= 4 is 40.1 Å².